The third-order valence-corrected chi connectivity index (χ3v) is 4.21. The van der Waals surface area contributed by atoms with Crippen LogP contribution in [0.25, 0.3) is 10.8 Å². The largest absolute Gasteiger partial charge is 0.468 e. The van der Waals surface area contributed by atoms with E-state index in [1.807, 2.05) is 36.4 Å². The van der Waals surface area contributed by atoms with Gasteiger partial charge in [0.05, 0.1) is 7.11 Å². The molecule has 23 heavy (non-hydrogen) atoms. The molecular formula is C18H17NO4. The summed E-state index contributed by atoms with van der Waals surface area (Å²) in [4.78, 5) is 38.0. The second kappa shape index (κ2) is 6.20. The number of amides is 1. The highest BCUT2D eigenvalue weighted by Gasteiger charge is 2.35. The summed E-state index contributed by atoms with van der Waals surface area (Å²) in [6, 6.07) is 13.2. The smallest absolute Gasteiger partial charge is 0.318 e. The Hall–Kier alpha value is -2.69. The van der Waals surface area contributed by atoms with Crippen LogP contribution in [0.2, 0.25) is 0 Å². The second-order valence-electron chi connectivity index (χ2n) is 5.57. The molecule has 1 atom stereocenters. The summed E-state index contributed by atoms with van der Waals surface area (Å²) in [6.45, 7) is 0.405. The van der Waals surface area contributed by atoms with Crippen LogP contribution in [0.3, 0.4) is 0 Å². The minimum Gasteiger partial charge on any atom is -0.468 e. The highest BCUT2D eigenvalue weighted by Crippen LogP contribution is 2.22. The van der Waals surface area contributed by atoms with E-state index < -0.39 is 11.9 Å². The summed E-state index contributed by atoms with van der Waals surface area (Å²) in [7, 11) is 1.25. The standard InChI is InChI=1S/C18H17NO4/c1-23-18(22)15-11-19(10-9-16(15)20)17(21)14-8-4-6-12-5-2-3-7-13(12)14/h2-8,15H,9-11H2,1H3. The molecule has 1 aliphatic rings. The Morgan fingerprint density at radius 1 is 1.13 bits per heavy atom. The Kier molecular flexibility index (Phi) is 4.10. The molecule has 5 heteroatoms. The zero-order chi connectivity index (χ0) is 16.4. The number of piperidine rings is 1. The van der Waals surface area contributed by atoms with Gasteiger partial charge in [0, 0.05) is 25.1 Å². The van der Waals surface area contributed by atoms with Crippen molar-refractivity contribution in [3.05, 3.63) is 48.0 Å². The number of ketones is 1. The van der Waals surface area contributed by atoms with Crippen molar-refractivity contribution >= 4 is 28.4 Å². The SMILES string of the molecule is COC(=O)C1CN(C(=O)c2cccc3ccccc23)CCC1=O. The number of nitrogens with zero attached hydrogens (tertiary/aromatic N) is 1. The molecule has 1 fully saturated rings. The zero-order valence-corrected chi connectivity index (χ0v) is 12.8. The first kappa shape index (κ1) is 15.2. The number of fused-ring (bicyclic) bond motifs is 1. The van der Waals surface area contributed by atoms with Crippen LogP contribution >= 0.6 is 0 Å². The Morgan fingerprint density at radius 2 is 1.87 bits per heavy atom. The van der Waals surface area contributed by atoms with E-state index in [0.717, 1.165) is 10.8 Å². The average Bonchev–Trinajstić information content (AvgIpc) is 2.60. The van der Waals surface area contributed by atoms with Crippen molar-refractivity contribution in [1.29, 1.82) is 0 Å². The monoisotopic (exact) mass is 311 g/mol. The van der Waals surface area contributed by atoms with E-state index in [0.29, 0.717) is 12.1 Å². The van der Waals surface area contributed by atoms with Crippen molar-refractivity contribution in [2.24, 2.45) is 5.92 Å². The number of carbonyl (C=O) groups excluding carboxylic acids is 3. The van der Waals surface area contributed by atoms with Gasteiger partial charge in [0.2, 0.25) is 0 Å². The molecule has 0 aromatic heterocycles. The average molecular weight is 311 g/mol. The molecule has 5 nitrogen and oxygen atoms in total. The molecule has 0 radical (unpaired) electrons. The molecule has 1 amide bonds. The number of hydrogen-bond acceptors (Lipinski definition) is 4. The molecule has 0 spiro atoms. The van der Waals surface area contributed by atoms with Gasteiger partial charge in [-0.2, -0.15) is 0 Å². The first-order valence-corrected chi connectivity index (χ1v) is 7.49. The summed E-state index contributed by atoms with van der Waals surface area (Å²) >= 11 is 0. The van der Waals surface area contributed by atoms with Crippen molar-refractivity contribution in [1.82, 2.24) is 4.90 Å². The van der Waals surface area contributed by atoms with Crippen LogP contribution in [0.5, 0.6) is 0 Å². The van der Waals surface area contributed by atoms with Gasteiger partial charge >= 0.3 is 5.97 Å². The van der Waals surface area contributed by atoms with E-state index in [1.54, 1.807) is 11.0 Å². The molecule has 118 valence electrons. The Morgan fingerprint density at radius 3 is 2.65 bits per heavy atom. The summed E-state index contributed by atoms with van der Waals surface area (Å²) in [5.41, 5.74) is 0.584. The third kappa shape index (κ3) is 2.82. The summed E-state index contributed by atoms with van der Waals surface area (Å²) < 4.78 is 4.67. The van der Waals surface area contributed by atoms with Crippen molar-refractivity contribution in [3.8, 4) is 0 Å². The third-order valence-electron chi connectivity index (χ3n) is 4.21. The fraction of sp³-hybridized carbons (Fsp3) is 0.278. The van der Waals surface area contributed by atoms with Gasteiger partial charge in [0.25, 0.3) is 5.91 Å². The molecule has 2 aromatic rings. The van der Waals surface area contributed by atoms with E-state index in [2.05, 4.69) is 4.74 Å². The first-order chi connectivity index (χ1) is 11.1. The summed E-state index contributed by atoms with van der Waals surface area (Å²) in [5.74, 6) is -1.79. The van der Waals surface area contributed by atoms with E-state index in [-0.39, 0.29) is 24.7 Å². The molecular weight excluding hydrogens is 294 g/mol. The lowest BCUT2D eigenvalue weighted by Gasteiger charge is -2.30. The Bertz CT molecular complexity index is 770. The second-order valence-corrected chi connectivity index (χ2v) is 5.57. The summed E-state index contributed by atoms with van der Waals surface area (Å²) in [5, 5.41) is 1.85. The maximum Gasteiger partial charge on any atom is 0.318 e. The molecule has 0 bridgehead atoms. The highest BCUT2D eigenvalue weighted by atomic mass is 16.5. The van der Waals surface area contributed by atoms with Gasteiger partial charge in [-0.1, -0.05) is 36.4 Å². The molecule has 0 aliphatic carbocycles. The summed E-state index contributed by atoms with van der Waals surface area (Å²) in [6.07, 6.45) is 0.177. The zero-order valence-electron chi connectivity index (χ0n) is 12.8. The predicted molar refractivity (Wildman–Crippen MR) is 85.0 cm³/mol. The topological polar surface area (TPSA) is 63.7 Å². The van der Waals surface area contributed by atoms with Crippen molar-refractivity contribution in [2.45, 2.75) is 6.42 Å². The molecule has 0 N–H and O–H groups in total. The van der Waals surface area contributed by atoms with E-state index in [4.69, 9.17) is 0 Å². The van der Waals surface area contributed by atoms with Crippen LogP contribution < -0.4 is 0 Å². The number of methoxy groups -OCH3 is 1. The van der Waals surface area contributed by atoms with Crippen LogP contribution in [0.1, 0.15) is 16.8 Å². The van der Waals surface area contributed by atoms with E-state index in [1.165, 1.54) is 7.11 Å². The van der Waals surface area contributed by atoms with Crippen molar-refractivity contribution in [2.75, 3.05) is 20.2 Å². The lowest BCUT2D eigenvalue weighted by molar-refractivity contribution is -0.151. The molecule has 1 heterocycles. The van der Waals surface area contributed by atoms with Crippen molar-refractivity contribution in [3.63, 3.8) is 0 Å². The Labute approximate surface area is 133 Å². The van der Waals surface area contributed by atoms with Gasteiger partial charge in [0.1, 0.15) is 5.92 Å². The number of Topliss-reactive ketones (excluding diaryl/α,β-unsaturated/α-hetero) is 1. The normalized spacial score (nSPS) is 18.0. The van der Waals surface area contributed by atoms with Gasteiger partial charge in [-0.3, -0.25) is 14.4 Å². The lowest BCUT2D eigenvalue weighted by atomic mass is 9.95. The van der Waals surface area contributed by atoms with Crippen LogP contribution in [0.15, 0.2) is 42.5 Å². The number of benzene rings is 2. The fourth-order valence-corrected chi connectivity index (χ4v) is 2.95. The lowest BCUT2D eigenvalue weighted by Crippen LogP contribution is -2.47. The highest BCUT2D eigenvalue weighted by molar-refractivity contribution is 6.08. The number of ether oxygens (including phenoxy) is 1. The molecule has 3 rings (SSSR count). The maximum atomic E-state index is 12.8. The fourth-order valence-electron chi connectivity index (χ4n) is 2.95. The molecule has 2 aromatic carbocycles. The quantitative estimate of drug-likeness (QED) is 0.629. The minimum absolute atomic E-state index is 0.0769. The maximum absolute atomic E-state index is 12.8. The van der Waals surface area contributed by atoms with Gasteiger partial charge in [-0.15, -0.1) is 0 Å². The van der Waals surface area contributed by atoms with Gasteiger partial charge in [0.15, 0.2) is 5.78 Å². The Balaban J connectivity index is 1.90. The molecule has 1 unspecified atom stereocenters. The number of rotatable bonds is 2. The van der Waals surface area contributed by atoms with Crippen LogP contribution in [-0.4, -0.2) is 42.8 Å². The predicted octanol–water partition coefficient (Wildman–Crippen LogP) is 2.04. The van der Waals surface area contributed by atoms with E-state index >= 15 is 0 Å². The van der Waals surface area contributed by atoms with Gasteiger partial charge in [-0.25, -0.2) is 0 Å². The van der Waals surface area contributed by atoms with Crippen LogP contribution in [0.4, 0.5) is 0 Å². The number of likely N-dealkylation sites (tertiary alicyclic amines) is 1. The van der Waals surface area contributed by atoms with E-state index in [9.17, 15) is 14.4 Å². The number of esters is 1. The van der Waals surface area contributed by atoms with Crippen LogP contribution in [0, 0.1) is 5.92 Å². The molecule has 1 aliphatic heterocycles. The van der Waals surface area contributed by atoms with Gasteiger partial charge in [-0.05, 0) is 16.8 Å². The van der Waals surface area contributed by atoms with Crippen LogP contribution in [-0.2, 0) is 14.3 Å². The van der Waals surface area contributed by atoms with Crippen molar-refractivity contribution < 1.29 is 19.1 Å². The molecule has 1 saturated heterocycles. The minimum atomic E-state index is -0.882. The van der Waals surface area contributed by atoms with Gasteiger partial charge < -0.3 is 9.64 Å². The number of carbonyl (C=O) groups is 3. The molecule has 0 saturated carbocycles. The first-order valence-electron chi connectivity index (χ1n) is 7.49. The number of hydrogen-bond donors (Lipinski definition) is 0.